The van der Waals surface area contributed by atoms with E-state index in [9.17, 15) is 4.79 Å². The molecule has 1 fully saturated rings. The van der Waals surface area contributed by atoms with Crippen molar-refractivity contribution in [2.24, 2.45) is 0 Å². The minimum absolute atomic E-state index is 0.137. The predicted octanol–water partition coefficient (Wildman–Crippen LogP) is 3.44. The van der Waals surface area contributed by atoms with Crippen molar-refractivity contribution in [3.05, 3.63) is 65.9 Å². The van der Waals surface area contributed by atoms with E-state index in [0.29, 0.717) is 0 Å². The number of anilines is 1. The van der Waals surface area contributed by atoms with Gasteiger partial charge in [0.1, 0.15) is 0 Å². The molecular weight excluding hydrogens is 298 g/mol. The smallest absolute Gasteiger partial charge is 0.256 e. The molecule has 1 aliphatic heterocycles. The molecule has 4 rings (SSSR count). The summed E-state index contributed by atoms with van der Waals surface area (Å²) in [6.07, 6.45) is 0. The number of aryl methyl sites for hydroxylation is 1. The second-order valence-corrected chi connectivity index (χ2v) is 6.29. The number of carbonyl (C=O) groups is 1. The molecule has 1 saturated heterocycles. The van der Waals surface area contributed by atoms with Crippen LogP contribution < -0.4 is 4.90 Å². The van der Waals surface area contributed by atoms with Crippen LogP contribution in [-0.4, -0.2) is 42.0 Å². The van der Waals surface area contributed by atoms with Gasteiger partial charge in [-0.15, -0.1) is 0 Å². The molecular formula is C20H21N3O. The maximum absolute atomic E-state index is 13.0. The monoisotopic (exact) mass is 319 g/mol. The van der Waals surface area contributed by atoms with Gasteiger partial charge in [0.05, 0.1) is 5.56 Å². The number of amides is 1. The van der Waals surface area contributed by atoms with E-state index < -0.39 is 0 Å². The molecule has 0 spiro atoms. The van der Waals surface area contributed by atoms with Gasteiger partial charge < -0.3 is 14.8 Å². The average molecular weight is 319 g/mol. The number of piperazine rings is 1. The van der Waals surface area contributed by atoms with Gasteiger partial charge in [0.15, 0.2) is 0 Å². The van der Waals surface area contributed by atoms with Crippen LogP contribution in [0.15, 0.2) is 54.6 Å². The lowest BCUT2D eigenvalue weighted by atomic mass is 10.1. The minimum Gasteiger partial charge on any atom is -0.368 e. The van der Waals surface area contributed by atoms with Crippen molar-refractivity contribution in [3.63, 3.8) is 0 Å². The second-order valence-electron chi connectivity index (χ2n) is 6.29. The third kappa shape index (κ3) is 2.54. The molecule has 24 heavy (non-hydrogen) atoms. The predicted molar refractivity (Wildman–Crippen MR) is 97.6 cm³/mol. The van der Waals surface area contributed by atoms with E-state index in [1.54, 1.807) is 0 Å². The Balaban J connectivity index is 1.53. The lowest BCUT2D eigenvalue weighted by molar-refractivity contribution is 0.0748. The number of nitrogens with zero attached hydrogens (tertiary/aromatic N) is 2. The number of aromatic nitrogens is 1. The Morgan fingerprint density at radius 1 is 0.917 bits per heavy atom. The third-order valence-corrected chi connectivity index (χ3v) is 4.80. The summed E-state index contributed by atoms with van der Waals surface area (Å²) in [5, 5.41) is 1.02. The van der Waals surface area contributed by atoms with Gasteiger partial charge in [0.2, 0.25) is 0 Å². The molecule has 0 atom stereocenters. The Hall–Kier alpha value is -2.75. The van der Waals surface area contributed by atoms with Crippen LogP contribution in [0.1, 0.15) is 16.1 Å². The summed E-state index contributed by atoms with van der Waals surface area (Å²) >= 11 is 0. The normalized spacial score (nSPS) is 15.0. The topological polar surface area (TPSA) is 39.3 Å². The number of H-pyrrole nitrogens is 1. The molecule has 4 nitrogen and oxygen atoms in total. The molecule has 3 aromatic rings. The summed E-state index contributed by atoms with van der Waals surface area (Å²) in [6, 6.07) is 18.4. The molecule has 0 radical (unpaired) electrons. The molecule has 0 bridgehead atoms. The number of nitrogens with one attached hydrogen (secondary N) is 1. The van der Waals surface area contributed by atoms with Crippen molar-refractivity contribution in [1.82, 2.24) is 9.88 Å². The first-order chi connectivity index (χ1) is 11.7. The van der Waals surface area contributed by atoms with Crippen LogP contribution >= 0.6 is 0 Å². The number of rotatable bonds is 2. The second kappa shape index (κ2) is 6.04. The lowest BCUT2D eigenvalue weighted by Gasteiger charge is -2.36. The molecule has 1 aliphatic rings. The zero-order valence-electron chi connectivity index (χ0n) is 13.8. The molecule has 1 N–H and O–H groups in total. The van der Waals surface area contributed by atoms with Crippen molar-refractivity contribution in [3.8, 4) is 0 Å². The number of hydrogen-bond acceptors (Lipinski definition) is 2. The van der Waals surface area contributed by atoms with Gasteiger partial charge in [0, 0.05) is 48.5 Å². The number of aromatic amines is 1. The fourth-order valence-corrected chi connectivity index (χ4v) is 3.52. The van der Waals surface area contributed by atoms with Gasteiger partial charge in [-0.3, -0.25) is 4.79 Å². The highest BCUT2D eigenvalue weighted by atomic mass is 16.2. The molecule has 2 heterocycles. The van der Waals surface area contributed by atoms with Crippen LogP contribution in [0.3, 0.4) is 0 Å². The first-order valence-corrected chi connectivity index (χ1v) is 8.40. The number of fused-ring (bicyclic) bond motifs is 1. The summed E-state index contributed by atoms with van der Waals surface area (Å²) in [7, 11) is 0. The van der Waals surface area contributed by atoms with Crippen molar-refractivity contribution < 1.29 is 4.79 Å². The molecule has 2 aromatic carbocycles. The van der Waals surface area contributed by atoms with Gasteiger partial charge in [-0.25, -0.2) is 0 Å². The standard InChI is InChI=1S/C20H21N3O/c1-15-19(17-9-5-6-10-18(17)21-15)20(24)23-13-11-22(12-14-23)16-7-3-2-4-8-16/h2-10,21H,11-14H2,1H3. The van der Waals surface area contributed by atoms with Crippen molar-refractivity contribution in [2.45, 2.75) is 6.92 Å². The number of benzene rings is 2. The number of carbonyl (C=O) groups excluding carboxylic acids is 1. The van der Waals surface area contributed by atoms with E-state index in [-0.39, 0.29) is 5.91 Å². The van der Waals surface area contributed by atoms with Crippen LogP contribution in [0, 0.1) is 6.92 Å². The Kier molecular flexibility index (Phi) is 3.73. The Morgan fingerprint density at radius 2 is 1.58 bits per heavy atom. The van der Waals surface area contributed by atoms with Crippen LogP contribution in [0.25, 0.3) is 10.9 Å². The van der Waals surface area contributed by atoms with Crippen molar-refractivity contribution in [1.29, 1.82) is 0 Å². The van der Waals surface area contributed by atoms with Gasteiger partial charge in [-0.1, -0.05) is 36.4 Å². The fourth-order valence-electron chi connectivity index (χ4n) is 3.52. The van der Waals surface area contributed by atoms with E-state index >= 15 is 0 Å². The molecule has 0 unspecified atom stereocenters. The van der Waals surface area contributed by atoms with Crippen LogP contribution in [0.2, 0.25) is 0 Å². The summed E-state index contributed by atoms with van der Waals surface area (Å²) in [4.78, 5) is 20.7. The fraction of sp³-hybridized carbons (Fsp3) is 0.250. The Labute approximate surface area is 141 Å². The quantitative estimate of drug-likeness (QED) is 0.786. The van der Waals surface area contributed by atoms with E-state index in [4.69, 9.17) is 0 Å². The molecule has 1 aromatic heterocycles. The van der Waals surface area contributed by atoms with Crippen LogP contribution in [0.4, 0.5) is 5.69 Å². The lowest BCUT2D eigenvalue weighted by Crippen LogP contribution is -2.48. The van der Waals surface area contributed by atoms with Gasteiger partial charge in [0.25, 0.3) is 5.91 Å². The van der Waals surface area contributed by atoms with E-state index in [2.05, 4.69) is 34.1 Å². The van der Waals surface area contributed by atoms with E-state index in [1.807, 2.05) is 42.2 Å². The van der Waals surface area contributed by atoms with Gasteiger partial charge in [-0.2, -0.15) is 0 Å². The molecule has 0 saturated carbocycles. The van der Waals surface area contributed by atoms with Crippen molar-refractivity contribution in [2.75, 3.05) is 31.1 Å². The van der Waals surface area contributed by atoms with Crippen LogP contribution in [0.5, 0.6) is 0 Å². The first-order valence-electron chi connectivity index (χ1n) is 8.40. The maximum atomic E-state index is 13.0. The Morgan fingerprint density at radius 3 is 2.33 bits per heavy atom. The summed E-state index contributed by atoms with van der Waals surface area (Å²) in [5.41, 5.74) is 4.03. The number of para-hydroxylation sites is 2. The third-order valence-electron chi connectivity index (χ3n) is 4.80. The zero-order chi connectivity index (χ0) is 16.5. The maximum Gasteiger partial charge on any atom is 0.256 e. The highest BCUT2D eigenvalue weighted by Gasteiger charge is 2.25. The van der Waals surface area contributed by atoms with Gasteiger partial charge >= 0.3 is 0 Å². The number of hydrogen-bond donors (Lipinski definition) is 1. The molecule has 1 amide bonds. The minimum atomic E-state index is 0.137. The van der Waals surface area contributed by atoms with Crippen molar-refractivity contribution >= 4 is 22.5 Å². The highest BCUT2D eigenvalue weighted by Crippen LogP contribution is 2.24. The summed E-state index contributed by atoms with van der Waals surface area (Å²) < 4.78 is 0. The Bertz CT molecular complexity index is 861. The van der Waals surface area contributed by atoms with Crippen LogP contribution in [-0.2, 0) is 0 Å². The summed E-state index contributed by atoms with van der Waals surface area (Å²) in [6.45, 7) is 5.24. The first kappa shape index (κ1) is 14.8. The van der Waals surface area contributed by atoms with Gasteiger partial charge in [-0.05, 0) is 25.1 Å². The average Bonchev–Trinajstić information content (AvgIpc) is 2.98. The largest absolute Gasteiger partial charge is 0.368 e. The van der Waals surface area contributed by atoms with E-state index in [0.717, 1.165) is 48.3 Å². The molecule has 0 aliphatic carbocycles. The van der Waals surface area contributed by atoms with E-state index in [1.165, 1.54) is 5.69 Å². The summed E-state index contributed by atoms with van der Waals surface area (Å²) in [5.74, 6) is 0.137. The molecule has 122 valence electrons. The highest BCUT2D eigenvalue weighted by molar-refractivity contribution is 6.08. The molecule has 4 heteroatoms. The SMILES string of the molecule is Cc1[nH]c2ccccc2c1C(=O)N1CCN(c2ccccc2)CC1. The zero-order valence-corrected chi connectivity index (χ0v) is 13.8.